The van der Waals surface area contributed by atoms with E-state index in [9.17, 15) is 14.4 Å². The van der Waals surface area contributed by atoms with Gasteiger partial charge in [-0.1, -0.05) is 62.0 Å². The highest BCUT2D eigenvalue weighted by atomic mass is 35.5. The van der Waals surface area contributed by atoms with Gasteiger partial charge >= 0.3 is 0 Å². The van der Waals surface area contributed by atoms with E-state index in [0.29, 0.717) is 46.2 Å². The van der Waals surface area contributed by atoms with Crippen LogP contribution in [0.4, 0.5) is 5.69 Å². The fourth-order valence-electron chi connectivity index (χ4n) is 7.79. The van der Waals surface area contributed by atoms with Crippen LogP contribution < -0.4 is 15.4 Å². The van der Waals surface area contributed by atoms with Crippen LogP contribution in [0.3, 0.4) is 0 Å². The molecule has 10 heteroatoms. The zero-order valence-corrected chi connectivity index (χ0v) is 25.6. The van der Waals surface area contributed by atoms with Crippen molar-refractivity contribution in [2.75, 3.05) is 12.4 Å². The molecule has 2 N–H and O–H groups in total. The Morgan fingerprint density at radius 3 is 2.57 bits per heavy atom. The fourth-order valence-corrected chi connectivity index (χ4v) is 8.32. The van der Waals surface area contributed by atoms with Crippen LogP contribution in [-0.4, -0.2) is 53.5 Å². The Morgan fingerprint density at radius 1 is 1.07 bits per heavy atom. The maximum absolute atomic E-state index is 14.3. The van der Waals surface area contributed by atoms with Crippen molar-refractivity contribution >= 4 is 46.6 Å². The molecular formula is C32H37Cl2N3O5. The van der Waals surface area contributed by atoms with Crippen LogP contribution in [0.5, 0.6) is 5.75 Å². The summed E-state index contributed by atoms with van der Waals surface area (Å²) in [6, 6.07) is 11.5. The van der Waals surface area contributed by atoms with Gasteiger partial charge in [-0.2, -0.15) is 0 Å². The largest absolute Gasteiger partial charge is 0.497 e. The van der Waals surface area contributed by atoms with E-state index in [4.69, 9.17) is 32.7 Å². The Morgan fingerprint density at radius 2 is 1.83 bits per heavy atom. The molecule has 224 valence electrons. The molecule has 1 aliphatic carbocycles. The average molecular weight is 615 g/mol. The van der Waals surface area contributed by atoms with Crippen LogP contribution in [0.1, 0.15) is 51.5 Å². The molecule has 8 atom stereocenters. The first-order valence-electron chi connectivity index (χ1n) is 14.8. The van der Waals surface area contributed by atoms with Gasteiger partial charge in [0.1, 0.15) is 17.4 Å². The van der Waals surface area contributed by atoms with Crippen molar-refractivity contribution in [1.82, 2.24) is 10.2 Å². The first kappa shape index (κ1) is 29.3. The number of fused-ring (bicyclic) bond motifs is 1. The first-order chi connectivity index (χ1) is 20.1. The summed E-state index contributed by atoms with van der Waals surface area (Å²) < 4.78 is 12.0. The lowest BCUT2D eigenvalue weighted by molar-refractivity contribution is -0.142. The van der Waals surface area contributed by atoms with E-state index in [1.165, 1.54) is 0 Å². The van der Waals surface area contributed by atoms with Gasteiger partial charge in [0.05, 0.1) is 25.0 Å². The molecule has 0 aromatic heterocycles. The van der Waals surface area contributed by atoms with Crippen LogP contribution in [0.2, 0.25) is 10.0 Å². The van der Waals surface area contributed by atoms with E-state index in [0.717, 1.165) is 24.8 Å². The minimum absolute atomic E-state index is 0.0238. The number of carbonyl (C=O) groups is 3. The number of methoxy groups -OCH3 is 1. The number of nitrogens with one attached hydrogen (secondary N) is 2. The second kappa shape index (κ2) is 11.4. The Hall–Kier alpha value is -2.81. The number of rotatable bonds is 7. The van der Waals surface area contributed by atoms with Crippen molar-refractivity contribution in [3.8, 4) is 5.75 Å². The summed E-state index contributed by atoms with van der Waals surface area (Å²) in [5, 5.41) is 7.01. The smallest absolute Gasteiger partial charge is 0.246 e. The summed E-state index contributed by atoms with van der Waals surface area (Å²) in [4.78, 5) is 44.0. The van der Waals surface area contributed by atoms with E-state index in [1.54, 1.807) is 30.2 Å². The molecule has 42 heavy (non-hydrogen) atoms. The van der Waals surface area contributed by atoms with Gasteiger partial charge in [0.2, 0.25) is 17.7 Å². The van der Waals surface area contributed by atoms with Crippen molar-refractivity contribution in [1.29, 1.82) is 0 Å². The van der Waals surface area contributed by atoms with Crippen molar-refractivity contribution < 1.29 is 23.9 Å². The number of anilines is 1. The third-order valence-corrected chi connectivity index (χ3v) is 10.4. The van der Waals surface area contributed by atoms with Crippen molar-refractivity contribution in [3.63, 3.8) is 0 Å². The molecule has 8 nitrogen and oxygen atoms in total. The summed E-state index contributed by atoms with van der Waals surface area (Å²) >= 11 is 12.3. The molecule has 3 heterocycles. The summed E-state index contributed by atoms with van der Waals surface area (Å²) in [7, 11) is 1.59. The minimum atomic E-state index is -1.08. The Balaban J connectivity index is 1.33. The molecule has 4 fully saturated rings. The third-order valence-electron chi connectivity index (χ3n) is 10.0. The molecule has 3 aliphatic heterocycles. The molecule has 3 saturated heterocycles. The van der Waals surface area contributed by atoms with Gasteiger partial charge in [-0.3, -0.25) is 14.4 Å². The zero-order valence-electron chi connectivity index (χ0n) is 24.1. The number of amides is 3. The highest BCUT2D eigenvalue weighted by Crippen LogP contribution is 2.59. The fraction of sp³-hybridized carbons (Fsp3) is 0.531. The number of benzene rings is 2. The lowest BCUT2D eigenvalue weighted by Gasteiger charge is -2.38. The second-order valence-electron chi connectivity index (χ2n) is 12.4. The quantitative estimate of drug-likeness (QED) is 0.432. The number of carbonyl (C=O) groups excluding carboxylic acids is 3. The number of likely N-dealkylation sites (tertiary alicyclic amines) is 1. The summed E-state index contributed by atoms with van der Waals surface area (Å²) in [6.07, 6.45) is 3.76. The van der Waals surface area contributed by atoms with E-state index in [2.05, 4.69) is 24.5 Å². The van der Waals surface area contributed by atoms with Gasteiger partial charge in [-0.25, -0.2) is 0 Å². The minimum Gasteiger partial charge on any atom is -0.497 e. The topological polar surface area (TPSA) is 97.0 Å². The molecule has 3 amide bonds. The van der Waals surface area contributed by atoms with Crippen LogP contribution in [0, 0.1) is 23.7 Å². The number of hydrogen-bond donors (Lipinski definition) is 2. The predicted molar refractivity (Wildman–Crippen MR) is 160 cm³/mol. The van der Waals surface area contributed by atoms with E-state index in [-0.39, 0.29) is 30.3 Å². The number of nitrogens with zero attached hydrogens (tertiary/aromatic N) is 1. The summed E-state index contributed by atoms with van der Waals surface area (Å²) in [5.41, 5.74) is 0.200. The van der Waals surface area contributed by atoms with Crippen LogP contribution in [-0.2, 0) is 25.7 Å². The van der Waals surface area contributed by atoms with Gasteiger partial charge in [-0.05, 0) is 67.0 Å². The second-order valence-corrected chi connectivity index (χ2v) is 13.3. The van der Waals surface area contributed by atoms with Crippen LogP contribution >= 0.6 is 23.2 Å². The van der Waals surface area contributed by atoms with Gasteiger partial charge < -0.3 is 25.0 Å². The summed E-state index contributed by atoms with van der Waals surface area (Å²) in [6.45, 7) is 4.61. The Bertz CT molecular complexity index is 1380. The van der Waals surface area contributed by atoms with Crippen molar-refractivity contribution in [3.05, 3.63) is 58.1 Å². The molecule has 4 aliphatic rings. The molecule has 8 unspecified atom stereocenters. The Labute approximate surface area is 256 Å². The van der Waals surface area contributed by atoms with Gasteiger partial charge in [0.25, 0.3) is 0 Å². The highest BCUT2D eigenvalue weighted by molar-refractivity contribution is 6.35. The van der Waals surface area contributed by atoms with Crippen LogP contribution in [0.25, 0.3) is 0 Å². The number of hydrogen-bond acceptors (Lipinski definition) is 5. The lowest BCUT2D eigenvalue weighted by atomic mass is 9.70. The van der Waals surface area contributed by atoms with E-state index >= 15 is 0 Å². The van der Waals surface area contributed by atoms with Crippen molar-refractivity contribution in [2.24, 2.45) is 23.7 Å². The summed E-state index contributed by atoms with van der Waals surface area (Å²) in [5.74, 6) is -0.826. The number of ether oxygens (including phenoxy) is 2. The Kier molecular flexibility index (Phi) is 7.92. The normalized spacial score (nSPS) is 33.4. The van der Waals surface area contributed by atoms with E-state index in [1.807, 2.05) is 24.3 Å². The third kappa shape index (κ3) is 5.05. The SMILES string of the molecule is COc1cccc(CN2C(=O)C3C(C(=O)Nc4cc(Cl)cc(Cl)c4)C4CCC3(O4)C2C(=O)NC2CCCC(C)C2C)c1. The maximum atomic E-state index is 14.3. The molecule has 0 radical (unpaired) electrons. The number of halogens is 2. The molecule has 6 rings (SSSR count). The van der Waals surface area contributed by atoms with Gasteiger partial charge in [0.15, 0.2) is 0 Å². The first-order valence-corrected chi connectivity index (χ1v) is 15.6. The standard InChI is InChI=1S/C32H37Cl2N3O5/c1-17-6-4-9-24(18(17)2)36-30(39)28-32-11-10-25(42-32)26(29(38)35-22-14-20(33)13-21(34)15-22)27(32)31(40)37(28)16-19-7-5-8-23(12-19)41-3/h5,7-8,12-15,17-18,24-28H,4,6,9-11,16H2,1-3H3,(H,35,38)(H,36,39). The van der Waals surface area contributed by atoms with Crippen LogP contribution in [0.15, 0.2) is 42.5 Å². The molecule has 2 aromatic rings. The lowest BCUT2D eigenvalue weighted by Crippen LogP contribution is -2.58. The monoisotopic (exact) mass is 613 g/mol. The van der Waals surface area contributed by atoms with Crippen molar-refractivity contribution in [2.45, 2.75) is 76.3 Å². The molecule has 1 saturated carbocycles. The average Bonchev–Trinajstić information content (AvgIpc) is 3.58. The zero-order chi connectivity index (χ0) is 29.8. The molecular weight excluding hydrogens is 577 g/mol. The van der Waals surface area contributed by atoms with Gasteiger partial charge in [0, 0.05) is 28.3 Å². The molecule has 2 aromatic carbocycles. The van der Waals surface area contributed by atoms with E-state index < -0.39 is 29.6 Å². The van der Waals surface area contributed by atoms with Gasteiger partial charge in [-0.15, -0.1) is 0 Å². The molecule has 2 bridgehead atoms. The predicted octanol–water partition coefficient (Wildman–Crippen LogP) is 5.46. The molecule has 1 spiro atoms. The highest BCUT2D eigenvalue weighted by Gasteiger charge is 2.74. The maximum Gasteiger partial charge on any atom is 0.246 e.